The fourth-order valence-electron chi connectivity index (χ4n) is 1.53. The number of nitrogens with one attached hydrogen (secondary N) is 2. The maximum atomic E-state index is 12.0. The van der Waals surface area contributed by atoms with Gasteiger partial charge in [0.1, 0.15) is 0 Å². The lowest BCUT2D eigenvalue weighted by atomic mass is 10.2. The molecule has 4 N–H and O–H groups in total. The minimum atomic E-state index is -0.583. The summed E-state index contributed by atoms with van der Waals surface area (Å²) in [5.41, 5.74) is 5.46. The Morgan fingerprint density at radius 2 is 2.05 bits per heavy atom. The van der Waals surface area contributed by atoms with Crippen molar-refractivity contribution < 1.29 is 19.1 Å². The molecule has 1 atom stereocenters. The molecule has 1 unspecified atom stereocenters. The molecule has 0 bridgehead atoms. The molecule has 7 heteroatoms. The molecule has 1 aromatic carbocycles. The molecule has 0 aliphatic rings. The lowest BCUT2D eigenvalue weighted by Gasteiger charge is -2.13. The highest BCUT2D eigenvalue weighted by Crippen LogP contribution is 2.27. The number of ether oxygens (including phenoxy) is 2. The third-order valence-corrected chi connectivity index (χ3v) is 2.86. The Labute approximate surface area is 123 Å². The number of likely N-dealkylation sites (N-methyl/N-ethyl adjacent to an activating group) is 1. The number of hydrogen-bond donors (Lipinski definition) is 3. The Morgan fingerprint density at radius 1 is 1.33 bits per heavy atom. The second kappa shape index (κ2) is 8.11. The van der Waals surface area contributed by atoms with Gasteiger partial charge in [0.15, 0.2) is 18.1 Å². The summed E-state index contributed by atoms with van der Waals surface area (Å²) in [6.07, 6.45) is 0. The van der Waals surface area contributed by atoms with Crippen LogP contribution in [0.1, 0.15) is 17.3 Å². The normalized spacial score (nSPS) is 11.6. The van der Waals surface area contributed by atoms with E-state index in [1.54, 1.807) is 18.2 Å². The number of hydrogen-bond acceptors (Lipinski definition) is 5. The smallest absolute Gasteiger partial charge is 0.255 e. The first-order valence-corrected chi connectivity index (χ1v) is 6.52. The van der Waals surface area contributed by atoms with Gasteiger partial charge < -0.3 is 25.8 Å². The number of primary amides is 1. The number of nitrogens with two attached hydrogens (primary N) is 1. The number of rotatable bonds is 8. The SMILES string of the molecule is CNC(C)CNC(=O)c1ccc(OCC(N)=O)c(OC)c1. The molecule has 1 aromatic rings. The predicted octanol–water partition coefficient (Wildman–Crippen LogP) is -0.103. The first-order chi connectivity index (χ1) is 9.97. The van der Waals surface area contributed by atoms with Gasteiger partial charge in [-0.15, -0.1) is 0 Å². The summed E-state index contributed by atoms with van der Waals surface area (Å²) in [6.45, 7) is 2.22. The van der Waals surface area contributed by atoms with Crippen LogP contribution in [0.15, 0.2) is 18.2 Å². The van der Waals surface area contributed by atoms with Crippen molar-refractivity contribution in [2.45, 2.75) is 13.0 Å². The second-order valence-corrected chi connectivity index (χ2v) is 4.52. The van der Waals surface area contributed by atoms with Crippen molar-refractivity contribution in [1.82, 2.24) is 10.6 Å². The van der Waals surface area contributed by atoms with Crippen molar-refractivity contribution in [3.8, 4) is 11.5 Å². The number of carbonyl (C=O) groups excluding carboxylic acids is 2. The van der Waals surface area contributed by atoms with Gasteiger partial charge in [0, 0.05) is 18.2 Å². The summed E-state index contributed by atoms with van der Waals surface area (Å²) >= 11 is 0. The van der Waals surface area contributed by atoms with E-state index in [2.05, 4.69) is 10.6 Å². The zero-order valence-electron chi connectivity index (χ0n) is 12.4. The van der Waals surface area contributed by atoms with Gasteiger partial charge in [-0.3, -0.25) is 9.59 Å². The zero-order chi connectivity index (χ0) is 15.8. The van der Waals surface area contributed by atoms with Crippen LogP contribution in [0.25, 0.3) is 0 Å². The zero-order valence-corrected chi connectivity index (χ0v) is 12.4. The number of benzene rings is 1. The average molecular weight is 295 g/mol. The summed E-state index contributed by atoms with van der Waals surface area (Å²) in [7, 11) is 3.28. The van der Waals surface area contributed by atoms with Crippen molar-refractivity contribution in [2.24, 2.45) is 5.73 Å². The highest BCUT2D eigenvalue weighted by molar-refractivity contribution is 5.94. The molecule has 0 saturated carbocycles. The molecule has 7 nitrogen and oxygen atoms in total. The van der Waals surface area contributed by atoms with E-state index in [4.69, 9.17) is 15.2 Å². The monoisotopic (exact) mass is 295 g/mol. The molecule has 0 aliphatic heterocycles. The Hall–Kier alpha value is -2.28. The molecule has 0 saturated heterocycles. The van der Waals surface area contributed by atoms with Crippen LogP contribution in [-0.4, -0.2) is 45.2 Å². The van der Waals surface area contributed by atoms with Gasteiger partial charge in [-0.1, -0.05) is 0 Å². The van der Waals surface area contributed by atoms with E-state index in [9.17, 15) is 9.59 Å². The maximum absolute atomic E-state index is 12.0. The molecule has 0 aromatic heterocycles. The van der Waals surface area contributed by atoms with Crippen LogP contribution in [-0.2, 0) is 4.79 Å². The van der Waals surface area contributed by atoms with E-state index >= 15 is 0 Å². The summed E-state index contributed by atoms with van der Waals surface area (Å²) in [5.74, 6) is -0.0706. The minimum Gasteiger partial charge on any atom is -0.493 e. The Morgan fingerprint density at radius 3 is 2.62 bits per heavy atom. The van der Waals surface area contributed by atoms with E-state index in [1.807, 2.05) is 14.0 Å². The van der Waals surface area contributed by atoms with Crippen LogP contribution >= 0.6 is 0 Å². The first-order valence-electron chi connectivity index (χ1n) is 6.52. The fraction of sp³-hybridized carbons (Fsp3) is 0.429. The fourth-order valence-corrected chi connectivity index (χ4v) is 1.53. The van der Waals surface area contributed by atoms with Gasteiger partial charge in [0.25, 0.3) is 11.8 Å². The van der Waals surface area contributed by atoms with E-state index in [0.717, 1.165) is 0 Å². The van der Waals surface area contributed by atoms with Crippen LogP contribution in [0.2, 0.25) is 0 Å². The van der Waals surface area contributed by atoms with Crippen LogP contribution < -0.4 is 25.8 Å². The standard InChI is InChI=1S/C14H21N3O4/c1-9(16-2)7-17-14(19)10-4-5-11(12(6-10)20-3)21-8-13(15)18/h4-6,9,16H,7-8H2,1-3H3,(H2,15,18)(H,17,19). The van der Waals surface area contributed by atoms with E-state index in [1.165, 1.54) is 7.11 Å². The highest BCUT2D eigenvalue weighted by Gasteiger charge is 2.12. The van der Waals surface area contributed by atoms with E-state index in [0.29, 0.717) is 23.6 Å². The quantitative estimate of drug-likeness (QED) is 0.621. The Balaban J connectivity index is 2.76. The lowest BCUT2D eigenvalue weighted by Crippen LogP contribution is -2.37. The molecular formula is C14H21N3O4. The third kappa shape index (κ3) is 5.31. The molecule has 2 amide bonds. The maximum Gasteiger partial charge on any atom is 0.255 e. The van der Waals surface area contributed by atoms with Crippen molar-refractivity contribution in [1.29, 1.82) is 0 Å². The molecule has 0 radical (unpaired) electrons. The van der Waals surface area contributed by atoms with Gasteiger partial charge >= 0.3 is 0 Å². The summed E-state index contributed by atoms with van der Waals surface area (Å²) in [6, 6.07) is 4.89. The van der Waals surface area contributed by atoms with Crippen LogP contribution in [0.4, 0.5) is 0 Å². The molecule has 0 fully saturated rings. The van der Waals surface area contributed by atoms with Gasteiger partial charge in [-0.05, 0) is 32.2 Å². The molecule has 0 heterocycles. The van der Waals surface area contributed by atoms with Gasteiger partial charge in [-0.2, -0.15) is 0 Å². The van der Waals surface area contributed by atoms with Crippen LogP contribution in [0, 0.1) is 0 Å². The molecule has 116 valence electrons. The van der Waals surface area contributed by atoms with Gasteiger partial charge in [0.2, 0.25) is 0 Å². The van der Waals surface area contributed by atoms with Gasteiger partial charge in [0.05, 0.1) is 7.11 Å². The van der Waals surface area contributed by atoms with Crippen LogP contribution in [0.3, 0.4) is 0 Å². The summed E-state index contributed by atoms with van der Waals surface area (Å²) in [5, 5.41) is 5.83. The number of methoxy groups -OCH3 is 1. The average Bonchev–Trinajstić information content (AvgIpc) is 2.49. The molecule has 1 rings (SSSR count). The topological polar surface area (TPSA) is 103 Å². The van der Waals surface area contributed by atoms with E-state index < -0.39 is 5.91 Å². The minimum absolute atomic E-state index is 0.175. The van der Waals surface area contributed by atoms with Crippen molar-refractivity contribution >= 4 is 11.8 Å². The van der Waals surface area contributed by atoms with Crippen molar-refractivity contribution in [2.75, 3.05) is 27.3 Å². The highest BCUT2D eigenvalue weighted by atomic mass is 16.5. The number of amides is 2. The summed E-state index contributed by atoms with van der Waals surface area (Å²) < 4.78 is 10.3. The third-order valence-electron chi connectivity index (χ3n) is 2.86. The first kappa shape index (κ1) is 16.8. The van der Waals surface area contributed by atoms with Crippen molar-refractivity contribution in [3.63, 3.8) is 0 Å². The Kier molecular flexibility index (Phi) is 6.48. The largest absolute Gasteiger partial charge is 0.493 e. The Bertz CT molecular complexity index is 505. The molecule has 0 spiro atoms. The van der Waals surface area contributed by atoms with Crippen molar-refractivity contribution in [3.05, 3.63) is 23.8 Å². The lowest BCUT2D eigenvalue weighted by molar-refractivity contribution is -0.119. The molecule has 0 aliphatic carbocycles. The van der Waals surface area contributed by atoms with Crippen LogP contribution in [0.5, 0.6) is 11.5 Å². The van der Waals surface area contributed by atoms with E-state index in [-0.39, 0.29) is 18.6 Å². The number of carbonyl (C=O) groups is 2. The van der Waals surface area contributed by atoms with Gasteiger partial charge in [-0.25, -0.2) is 0 Å². The molecule has 21 heavy (non-hydrogen) atoms. The predicted molar refractivity (Wildman–Crippen MR) is 78.5 cm³/mol. The molecular weight excluding hydrogens is 274 g/mol. The second-order valence-electron chi connectivity index (χ2n) is 4.52. The summed E-state index contributed by atoms with van der Waals surface area (Å²) in [4.78, 5) is 22.7.